The van der Waals surface area contributed by atoms with E-state index in [9.17, 15) is 4.79 Å². The SMILES string of the molecule is N#Cc1ccc(CN(Cc2ccc(Cl)nc2)C2=CC(=O)OC2)cc1. The van der Waals surface area contributed by atoms with E-state index in [0.717, 1.165) is 16.8 Å². The second-order valence-electron chi connectivity index (χ2n) is 5.40. The summed E-state index contributed by atoms with van der Waals surface area (Å²) in [4.78, 5) is 17.5. The van der Waals surface area contributed by atoms with E-state index in [1.807, 2.05) is 18.2 Å². The first kappa shape index (κ1) is 16.0. The molecule has 1 aromatic carbocycles. The van der Waals surface area contributed by atoms with Gasteiger partial charge in [0.1, 0.15) is 11.8 Å². The molecule has 0 saturated carbocycles. The molecule has 5 nitrogen and oxygen atoms in total. The maximum absolute atomic E-state index is 11.4. The van der Waals surface area contributed by atoms with Crippen LogP contribution >= 0.6 is 11.6 Å². The van der Waals surface area contributed by atoms with Gasteiger partial charge in [0.2, 0.25) is 0 Å². The Bertz CT molecular complexity index is 808. The van der Waals surface area contributed by atoms with E-state index < -0.39 is 0 Å². The highest BCUT2D eigenvalue weighted by atomic mass is 35.5. The predicted molar refractivity (Wildman–Crippen MR) is 88.7 cm³/mol. The van der Waals surface area contributed by atoms with Crippen molar-refractivity contribution < 1.29 is 9.53 Å². The summed E-state index contributed by atoms with van der Waals surface area (Å²) >= 11 is 5.83. The maximum atomic E-state index is 11.4. The lowest BCUT2D eigenvalue weighted by atomic mass is 10.1. The Balaban J connectivity index is 1.81. The zero-order valence-corrected chi connectivity index (χ0v) is 13.5. The van der Waals surface area contributed by atoms with Gasteiger partial charge in [0.15, 0.2) is 0 Å². The van der Waals surface area contributed by atoms with Crippen molar-refractivity contribution in [3.63, 3.8) is 0 Å². The highest BCUT2D eigenvalue weighted by Gasteiger charge is 2.20. The van der Waals surface area contributed by atoms with Gasteiger partial charge in [-0.15, -0.1) is 0 Å². The summed E-state index contributed by atoms with van der Waals surface area (Å²) in [6.45, 7) is 1.43. The molecule has 0 bridgehead atoms. The number of rotatable bonds is 5. The third kappa shape index (κ3) is 3.92. The topological polar surface area (TPSA) is 66.2 Å². The number of cyclic esters (lactones) is 1. The van der Waals surface area contributed by atoms with Gasteiger partial charge in [0.25, 0.3) is 0 Å². The molecule has 0 spiro atoms. The number of halogens is 1. The Labute approximate surface area is 144 Å². The number of hydrogen-bond acceptors (Lipinski definition) is 5. The average Bonchev–Trinajstić information content (AvgIpc) is 3.03. The molecule has 120 valence electrons. The van der Waals surface area contributed by atoms with Crippen LogP contribution in [0.15, 0.2) is 54.4 Å². The average molecular weight is 340 g/mol. The Kier molecular flexibility index (Phi) is 4.78. The van der Waals surface area contributed by atoms with Crippen molar-refractivity contribution in [2.24, 2.45) is 0 Å². The smallest absolute Gasteiger partial charge is 0.333 e. The molecule has 0 unspecified atom stereocenters. The zero-order chi connectivity index (χ0) is 16.9. The summed E-state index contributed by atoms with van der Waals surface area (Å²) in [6.07, 6.45) is 3.22. The summed E-state index contributed by atoms with van der Waals surface area (Å²) in [6, 6.07) is 13.1. The lowest BCUT2D eigenvalue weighted by Crippen LogP contribution is -2.23. The predicted octanol–water partition coefficient (Wildman–Crippen LogP) is 3.05. The number of pyridine rings is 1. The van der Waals surface area contributed by atoms with Gasteiger partial charge in [0, 0.05) is 25.4 Å². The van der Waals surface area contributed by atoms with Crippen LogP contribution in [0.3, 0.4) is 0 Å². The van der Waals surface area contributed by atoms with Crippen molar-refractivity contribution >= 4 is 17.6 Å². The van der Waals surface area contributed by atoms with E-state index in [1.54, 1.807) is 24.4 Å². The molecule has 3 rings (SSSR count). The molecule has 2 aromatic rings. The summed E-state index contributed by atoms with van der Waals surface area (Å²) in [5, 5.41) is 9.33. The van der Waals surface area contributed by atoms with Gasteiger partial charge in [-0.2, -0.15) is 5.26 Å². The fourth-order valence-corrected chi connectivity index (χ4v) is 2.54. The fourth-order valence-electron chi connectivity index (χ4n) is 2.43. The molecule has 0 radical (unpaired) electrons. The van der Waals surface area contributed by atoms with Gasteiger partial charge in [0.05, 0.1) is 17.3 Å². The van der Waals surface area contributed by atoms with Crippen LogP contribution in [-0.4, -0.2) is 22.5 Å². The molecule has 2 heterocycles. The Morgan fingerprint density at radius 1 is 1.17 bits per heavy atom. The number of esters is 1. The minimum Gasteiger partial charge on any atom is -0.456 e. The molecule has 0 saturated heterocycles. The first-order chi connectivity index (χ1) is 11.6. The third-order valence-corrected chi connectivity index (χ3v) is 3.90. The van der Waals surface area contributed by atoms with Crippen LogP contribution in [-0.2, 0) is 22.6 Å². The highest BCUT2D eigenvalue weighted by molar-refractivity contribution is 6.29. The van der Waals surface area contributed by atoms with Crippen LogP contribution in [0.2, 0.25) is 5.15 Å². The largest absolute Gasteiger partial charge is 0.456 e. The number of benzene rings is 1. The highest BCUT2D eigenvalue weighted by Crippen LogP contribution is 2.20. The van der Waals surface area contributed by atoms with Crippen LogP contribution in [0.1, 0.15) is 16.7 Å². The molecule has 0 N–H and O–H groups in total. The number of nitriles is 1. The number of nitrogens with zero attached hydrogens (tertiary/aromatic N) is 3. The zero-order valence-electron chi connectivity index (χ0n) is 12.8. The second-order valence-corrected chi connectivity index (χ2v) is 5.78. The Morgan fingerprint density at radius 2 is 1.88 bits per heavy atom. The van der Waals surface area contributed by atoms with Crippen LogP contribution in [0.25, 0.3) is 0 Å². The van der Waals surface area contributed by atoms with Gasteiger partial charge in [-0.05, 0) is 29.3 Å². The van der Waals surface area contributed by atoms with Crippen molar-refractivity contribution in [2.75, 3.05) is 6.61 Å². The fraction of sp³-hybridized carbons (Fsp3) is 0.167. The molecular weight excluding hydrogens is 326 g/mol. The lowest BCUT2D eigenvalue weighted by molar-refractivity contribution is -0.135. The number of carbonyl (C=O) groups excluding carboxylic acids is 1. The molecule has 1 aliphatic rings. The quantitative estimate of drug-likeness (QED) is 0.618. The number of ether oxygens (including phenoxy) is 1. The summed E-state index contributed by atoms with van der Waals surface area (Å²) in [7, 11) is 0. The van der Waals surface area contributed by atoms with Gasteiger partial charge >= 0.3 is 5.97 Å². The second kappa shape index (κ2) is 7.16. The minimum absolute atomic E-state index is 0.260. The van der Waals surface area contributed by atoms with E-state index >= 15 is 0 Å². The maximum Gasteiger partial charge on any atom is 0.333 e. The Hall–Kier alpha value is -2.84. The Morgan fingerprint density at radius 3 is 2.46 bits per heavy atom. The van der Waals surface area contributed by atoms with Crippen molar-refractivity contribution in [3.8, 4) is 6.07 Å². The summed E-state index contributed by atoms with van der Waals surface area (Å²) in [5.74, 6) is -0.330. The first-order valence-corrected chi connectivity index (χ1v) is 7.73. The van der Waals surface area contributed by atoms with Gasteiger partial charge in [-0.25, -0.2) is 9.78 Å². The number of aromatic nitrogens is 1. The summed E-state index contributed by atoms with van der Waals surface area (Å²) in [5.41, 5.74) is 3.45. The molecule has 0 aliphatic carbocycles. The number of hydrogen-bond donors (Lipinski definition) is 0. The van der Waals surface area contributed by atoms with E-state index in [1.165, 1.54) is 6.08 Å². The molecule has 0 amide bonds. The van der Waals surface area contributed by atoms with E-state index in [2.05, 4.69) is 16.0 Å². The standard InChI is InChI=1S/C18H14ClN3O2/c19-17-6-5-15(9-21-17)11-22(16-7-18(23)24-12-16)10-14-3-1-13(8-20)2-4-14/h1-7,9H,10-12H2. The van der Waals surface area contributed by atoms with Crippen LogP contribution < -0.4 is 0 Å². The minimum atomic E-state index is -0.330. The summed E-state index contributed by atoms with van der Waals surface area (Å²) < 4.78 is 5.02. The third-order valence-electron chi connectivity index (χ3n) is 3.67. The molecule has 24 heavy (non-hydrogen) atoms. The molecule has 1 aliphatic heterocycles. The molecule has 1 aromatic heterocycles. The monoisotopic (exact) mass is 339 g/mol. The van der Waals surface area contributed by atoms with Gasteiger partial charge in [-0.1, -0.05) is 29.8 Å². The molecule has 0 atom stereocenters. The van der Waals surface area contributed by atoms with Gasteiger partial charge in [-0.3, -0.25) is 0 Å². The first-order valence-electron chi connectivity index (χ1n) is 7.36. The van der Waals surface area contributed by atoms with Crippen molar-refractivity contribution in [1.82, 2.24) is 9.88 Å². The van der Waals surface area contributed by atoms with Crippen LogP contribution in [0, 0.1) is 11.3 Å². The van der Waals surface area contributed by atoms with Crippen LogP contribution in [0.4, 0.5) is 0 Å². The van der Waals surface area contributed by atoms with E-state index in [-0.39, 0.29) is 12.6 Å². The number of carbonyl (C=O) groups is 1. The van der Waals surface area contributed by atoms with Gasteiger partial charge < -0.3 is 9.64 Å². The van der Waals surface area contributed by atoms with Crippen LogP contribution in [0.5, 0.6) is 0 Å². The van der Waals surface area contributed by atoms with Crippen molar-refractivity contribution in [1.29, 1.82) is 5.26 Å². The van der Waals surface area contributed by atoms with Crippen molar-refractivity contribution in [2.45, 2.75) is 13.1 Å². The molecule has 6 heteroatoms. The van der Waals surface area contributed by atoms with Crippen molar-refractivity contribution in [3.05, 3.63) is 76.2 Å². The normalized spacial score (nSPS) is 13.2. The van der Waals surface area contributed by atoms with E-state index in [0.29, 0.717) is 23.8 Å². The molecule has 0 fully saturated rings. The molecular formula is C18H14ClN3O2. The van der Waals surface area contributed by atoms with E-state index in [4.69, 9.17) is 21.6 Å². The lowest BCUT2D eigenvalue weighted by Gasteiger charge is -2.25.